The van der Waals surface area contributed by atoms with Crippen molar-refractivity contribution in [2.24, 2.45) is 11.8 Å². The Hall–Kier alpha value is -2.07. The smallest absolute Gasteiger partial charge is 0.311 e. The van der Waals surface area contributed by atoms with Crippen LogP contribution in [0.2, 0.25) is 0 Å². The Morgan fingerprint density at radius 3 is 1.71 bits per heavy atom. The molecule has 6 N–H and O–H groups in total. The predicted octanol–water partition coefficient (Wildman–Crippen LogP) is 2.88. The van der Waals surface area contributed by atoms with Gasteiger partial charge in [0.2, 0.25) is 0 Å². The summed E-state index contributed by atoms with van der Waals surface area (Å²) in [4.78, 5) is 12.5. The molecule has 0 aromatic rings. The first-order chi connectivity index (χ1) is 18.0. The van der Waals surface area contributed by atoms with E-state index in [9.17, 15) is 35.4 Å². The van der Waals surface area contributed by atoms with E-state index in [1.54, 1.807) is 38.2 Å². The molecule has 1 heterocycles. The van der Waals surface area contributed by atoms with Crippen molar-refractivity contribution in [1.82, 2.24) is 0 Å². The summed E-state index contributed by atoms with van der Waals surface area (Å²) >= 11 is 0. The normalized spacial score (nSPS) is 40.6. The molecule has 0 aromatic heterocycles. The zero-order valence-corrected chi connectivity index (χ0v) is 22.9. The van der Waals surface area contributed by atoms with Crippen molar-refractivity contribution in [3.8, 4) is 0 Å². The maximum atomic E-state index is 12.5. The number of hydrogen-bond donors (Lipinski definition) is 6. The molecule has 1 aliphatic rings. The number of cyclic esters (lactones) is 1. The Morgan fingerprint density at radius 1 is 0.632 bits per heavy atom. The molecule has 216 valence electrons. The van der Waals surface area contributed by atoms with E-state index < -0.39 is 54.6 Å². The van der Waals surface area contributed by atoms with Crippen LogP contribution in [-0.2, 0) is 9.53 Å². The third-order valence-electron chi connectivity index (χ3n) is 6.71. The molecule has 0 saturated heterocycles. The van der Waals surface area contributed by atoms with Crippen LogP contribution in [-0.4, -0.2) is 79.3 Å². The molecule has 0 spiro atoms. The van der Waals surface area contributed by atoms with Crippen molar-refractivity contribution in [3.05, 3.63) is 60.8 Å². The monoisotopic (exact) mass is 536 g/mol. The fourth-order valence-electron chi connectivity index (χ4n) is 4.01. The highest BCUT2D eigenvalue weighted by molar-refractivity contribution is 5.72. The summed E-state index contributed by atoms with van der Waals surface area (Å²) in [6.07, 6.45) is 13.4. The Labute approximate surface area is 227 Å². The topological polar surface area (TPSA) is 148 Å². The van der Waals surface area contributed by atoms with Gasteiger partial charge in [0.05, 0.1) is 42.5 Å². The standard InChI is InChI=1S/C30H48O8/c1-21-13-10-8-6-4-5-7-9-11-14-24(31)17-27(34)19-28(35)18-25(32)15-12-16-26(33)20-29(36)22(2)30(37)38-23(21)3/h4-11,13-14,21-29,31-36H,12,15-20H2,1-3H3/b5-4+,8-6+,9-7+,13-10+,14-11+. The maximum absolute atomic E-state index is 12.5. The van der Waals surface area contributed by atoms with E-state index in [0.717, 1.165) is 0 Å². The number of carbonyl (C=O) groups is 1. The van der Waals surface area contributed by atoms with Crippen LogP contribution >= 0.6 is 0 Å². The lowest BCUT2D eigenvalue weighted by atomic mass is 9.95. The van der Waals surface area contributed by atoms with Crippen molar-refractivity contribution >= 4 is 5.97 Å². The Balaban J connectivity index is 2.83. The van der Waals surface area contributed by atoms with Gasteiger partial charge in [0, 0.05) is 18.8 Å². The molecular weight excluding hydrogens is 488 g/mol. The van der Waals surface area contributed by atoms with Crippen LogP contribution in [0.4, 0.5) is 0 Å². The second-order valence-electron chi connectivity index (χ2n) is 10.3. The van der Waals surface area contributed by atoms with Gasteiger partial charge in [0.15, 0.2) is 0 Å². The molecular formula is C30H48O8. The Morgan fingerprint density at radius 2 is 1.11 bits per heavy atom. The SMILES string of the molecule is CC1/C=C/C=C/C=C/C=C/C=C/C(O)CC(O)CC(O)CC(O)CCCC(O)CC(O)C(C)C(=O)OC1C. The maximum Gasteiger partial charge on any atom is 0.311 e. The summed E-state index contributed by atoms with van der Waals surface area (Å²) in [6, 6.07) is 0. The van der Waals surface area contributed by atoms with Crippen molar-refractivity contribution in [2.45, 2.75) is 108 Å². The molecule has 9 atom stereocenters. The fraction of sp³-hybridized carbons (Fsp3) is 0.633. The van der Waals surface area contributed by atoms with E-state index in [2.05, 4.69) is 0 Å². The highest BCUT2D eigenvalue weighted by atomic mass is 16.5. The summed E-state index contributed by atoms with van der Waals surface area (Å²) in [6.45, 7) is 5.30. The highest BCUT2D eigenvalue weighted by Gasteiger charge is 2.28. The van der Waals surface area contributed by atoms with Gasteiger partial charge in [0.1, 0.15) is 6.10 Å². The van der Waals surface area contributed by atoms with Crippen LogP contribution < -0.4 is 0 Å². The zero-order chi connectivity index (χ0) is 28.5. The minimum absolute atomic E-state index is 0.00922. The Bertz CT molecular complexity index is 802. The van der Waals surface area contributed by atoms with E-state index in [0.29, 0.717) is 19.3 Å². The molecule has 8 nitrogen and oxygen atoms in total. The van der Waals surface area contributed by atoms with Gasteiger partial charge in [-0.15, -0.1) is 0 Å². The molecule has 0 aliphatic carbocycles. The summed E-state index contributed by atoms with van der Waals surface area (Å²) in [5, 5.41) is 61.3. The molecule has 1 aliphatic heterocycles. The van der Waals surface area contributed by atoms with Crippen molar-refractivity contribution in [1.29, 1.82) is 0 Å². The minimum Gasteiger partial charge on any atom is -0.462 e. The van der Waals surface area contributed by atoms with Gasteiger partial charge >= 0.3 is 5.97 Å². The average Bonchev–Trinajstić information content (AvgIpc) is 2.83. The number of esters is 1. The number of aliphatic hydroxyl groups is 6. The van der Waals surface area contributed by atoms with Gasteiger partial charge < -0.3 is 35.4 Å². The molecule has 0 aromatic carbocycles. The first-order valence-electron chi connectivity index (χ1n) is 13.6. The minimum atomic E-state index is -1.07. The number of carbonyl (C=O) groups excluding carboxylic acids is 1. The van der Waals surface area contributed by atoms with Gasteiger partial charge in [-0.1, -0.05) is 67.7 Å². The van der Waals surface area contributed by atoms with Crippen LogP contribution in [0.15, 0.2) is 60.8 Å². The van der Waals surface area contributed by atoms with E-state index in [-0.39, 0.29) is 31.6 Å². The lowest BCUT2D eigenvalue weighted by molar-refractivity contribution is -0.158. The van der Waals surface area contributed by atoms with Gasteiger partial charge in [-0.25, -0.2) is 0 Å². The number of allylic oxidation sites excluding steroid dienone is 8. The molecule has 0 amide bonds. The highest BCUT2D eigenvalue weighted by Crippen LogP contribution is 2.19. The zero-order valence-electron chi connectivity index (χ0n) is 22.9. The van der Waals surface area contributed by atoms with E-state index >= 15 is 0 Å². The lowest BCUT2D eigenvalue weighted by Gasteiger charge is -2.24. The third kappa shape index (κ3) is 15.4. The quantitative estimate of drug-likeness (QED) is 0.259. The lowest BCUT2D eigenvalue weighted by Crippen LogP contribution is -2.33. The first-order valence-corrected chi connectivity index (χ1v) is 13.6. The summed E-state index contributed by atoms with van der Waals surface area (Å²) in [5.74, 6) is -1.37. The molecule has 0 fully saturated rings. The fourth-order valence-corrected chi connectivity index (χ4v) is 4.01. The van der Waals surface area contributed by atoms with Crippen LogP contribution in [0.5, 0.6) is 0 Å². The van der Waals surface area contributed by atoms with Gasteiger partial charge in [-0.05, 0) is 46.0 Å². The molecule has 38 heavy (non-hydrogen) atoms. The molecule has 1 rings (SSSR count). The molecule has 9 unspecified atom stereocenters. The molecule has 0 bridgehead atoms. The van der Waals surface area contributed by atoms with Gasteiger partial charge in [0.25, 0.3) is 0 Å². The van der Waals surface area contributed by atoms with E-state index in [1.165, 1.54) is 0 Å². The van der Waals surface area contributed by atoms with Gasteiger partial charge in [-0.3, -0.25) is 4.79 Å². The first kappa shape index (κ1) is 34.0. The molecule has 8 heteroatoms. The Kier molecular flexibility index (Phi) is 17.0. The number of aliphatic hydroxyl groups excluding tert-OH is 6. The number of hydrogen-bond acceptors (Lipinski definition) is 8. The molecule has 0 saturated carbocycles. The largest absolute Gasteiger partial charge is 0.462 e. The van der Waals surface area contributed by atoms with Crippen LogP contribution in [0.25, 0.3) is 0 Å². The third-order valence-corrected chi connectivity index (χ3v) is 6.71. The van der Waals surface area contributed by atoms with Crippen molar-refractivity contribution in [2.75, 3.05) is 0 Å². The second-order valence-corrected chi connectivity index (χ2v) is 10.3. The van der Waals surface area contributed by atoms with Crippen molar-refractivity contribution in [3.63, 3.8) is 0 Å². The summed E-state index contributed by atoms with van der Waals surface area (Å²) in [7, 11) is 0. The van der Waals surface area contributed by atoms with Crippen LogP contribution in [0, 0.1) is 11.8 Å². The van der Waals surface area contributed by atoms with Crippen molar-refractivity contribution < 1.29 is 40.2 Å². The number of rotatable bonds is 0. The second kappa shape index (κ2) is 19.1. The predicted molar refractivity (Wildman–Crippen MR) is 148 cm³/mol. The van der Waals surface area contributed by atoms with Gasteiger partial charge in [-0.2, -0.15) is 0 Å². The average molecular weight is 537 g/mol. The molecule has 0 radical (unpaired) electrons. The van der Waals surface area contributed by atoms with E-state index in [4.69, 9.17) is 4.74 Å². The van der Waals surface area contributed by atoms with Crippen LogP contribution in [0.1, 0.15) is 65.7 Å². The summed E-state index contributed by atoms with van der Waals surface area (Å²) in [5.41, 5.74) is 0. The van der Waals surface area contributed by atoms with Crippen LogP contribution in [0.3, 0.4) is 0 Å². The summed E-state index contributed by atoms with van der Waals surface area (Å²) < 4.78 is 5.52. The van der Waals surface area contributed by atoms with E-state index in [1.807, 2.05) is 43.4 Å². The number of ether oxygens (including phenoxy) is 1.